The first kappa shape index (κ1) is 19.9. The van der Waals surface area contributed by atoms with E-state index in [4.69, 9.17) is 4.74 Å². The van der Waals surface area contributed by atoms with Crippen molar-refractivity contribution in [2.45, 2.75) is 51.8 Å². The van der Waals surface area contributed by atoms with Crippen LogP contribution in [0.2, 0.25) is 0 Å². The maximum atomic E-state index is 13.1. The maximum Gasteiger partial charge on any atom is 0.407 e. The zero-order valence-electron chi connectivity index (χ0n) is 17.1. The Morgan fingerprint density at radius 3 is 2.67 bits per heavy atom. The molecule has 0 radical (unpaired) electrons. The van der Waals surface area contributed by atoms with Gasteiger partial charge in [0.25, 0.3) is 5.91 Å². The summed E-state index contributed by atoms with van der Waals surface area (Å²) >= 11 is 0. The van der Waals surface area contributed by atoms with Gasteiger partial charge in [0.05, 0.1) is 5.69 Å². The number of hydrogen-bond acceptors (Lipinski definition) is 5. The normalized spacial score (nSPS) is 18.6. The number of carbonyl (C=O) groups is 4. The first-order chi connectivity index (χ1) is 14.2. The molecule has 0 aromatic heterocycles. The zero-order chi connectivity index (χ0) is 21.6. The van der Waals surface area contributed by atoms with Crippen LogP contribution in [0, 0.1) is 0 Å². The van der Waals surface area contributed by atoms with Crippen molar-refractivity contribution in [3.8, 4) is 0 Å². The summed E-state index contributed by atoms with van der Waals surface area (Å²) in [5.41, 5.74) is 1.38. The van der Waals surface area contributed by atoms with E-state index < -0.39 is 23.6 Å². The number of alkyl carbamates (subject to hydrolysis) is 1. The summed E-state index contributed by atoms with van der Waals surface area (Å²) in [6, 6.07) is 8.28. The van der Waals surface area contributed by atoms with Gasteiger partial charge in [-0.1, -0.05) is 18.2 Å². The minimum atomic E-state index is -0.725. The molecule has 1 unspecified atom stereocenters. The van der Waals surface area contributed by atoms with Gasteiger partial charge < -0.3 is 10.1 Å². The summed E-state index contributed by atoms with van der Waals surface area (Å²) in [6.45, 7) is 5.61. The van der Waals surface area contributed by atoms with Crippen molar-refractivity contribution in [2.75, 3.05) is 4.90 Å². The lowest BCUT2D eigenvalue weighted by atomic mass is 10.00. The minimum absolute atomic E-state index is 0.192. The number of imide groups is 1. The lowest BCUT2D eigenvalue weighted by molar-refractivity contribution is -0.134. The molecule has 2 aliphatic heterocycles. The number of carbonyl (C=O) groups excluding carboxylic acids is 4. The van der Waals surface area contributed by atoms with Crippen LogP contribution in [-0.2, 0) is 20.9 Å². The first-order valence-electron chi connectivity index (χ1n) is 9.84. The second-order valence-electron chi connectivity index (χ2n) is 8.47. The van der Waals surface area contributed by atoms with Gasteiger partial charge in [-0.2, -0.15) is 0 Å². The quantitative estimate of drug-likeness (QED) is 0.759. The highest BCUT2D eigenvalue weighted by Gasteiger charge is 2.40. The number of hydrogen-bond donors (Lipinski definition) is 2. The fourth-order valence-electron chi connectivity index (χ4n) is 3.94. The fraction of sp³-hybridized carbons (Fsp3) is 0.364. The minimum Gasteiger partial charge on any atom is -0.444 e. The molecule has 2 N–H and O–H groups in total. The molecule has 0 spiro atoms. The van der Waals surface area contributed by atoms with Gasteiger partial charge in [0.1, 0.15) is 11.6 Å². The van der Waals surface area contributed by atoms with Crippen LogP contribution in [0.3, 0.4) is 0 Å². The Bertz CT molecular complexity index is 1090. The smallest absolute Gasteiger partial charge is 0.407 e. The summed E-state index contributed by atoms with van der Waals surface area (Å²) in [6.07, 6.45) is -0.0437. The van der Waals surface area contributed by atoms with E-state index in [2.05, 4.69) is 10.6 Å². The van der Waals surface area contributed by atoms with E-state index in [1.807, 2.05) is 12.1 Å². The molecule has 2 aliphatic rings. The molecule has 1 saturated heterocycles. The van der Waals surface area contributed by atoms with E-state index in [0.29, 0.717) is 11.3 Å². The molecule has 8 heteroatoms. The predicted octanol–water partition coefficient (Wildman–Crippen LogP) is 2.63. The second-order valence-corrected chi connectivity index (χ2v) is 8.47. The molecule has 156 valence electrons. The van der Waals surface area contributed by atoms with Crippen molar-refractivity contribution < 1.29 is 23.9 Å². The summed E-state index contributed by atoms with van der Waals surface area (Å²) in [5.74, 6) is -1.05. The Kier molecular flexibility index (Phi) is 4.72. The number of rotatable bonds is 3. The summed E-state index contributed by atoms with van der Waals surface area (Å²) in [5, 5.41) is 6.63. The van der Waals surface area contributed by atoms with Gasteiger partial charge >= 0.3 is 6.09 Å². The van der Waals surface area contributed by atoms with E-state index in [9.17, 15) is 19.2 Å². The SMILES string of the molecule is CC(C)(C)OC(=O)NCc1ccc2c3c(cccc13)N(C1CCC(=O)NC1=O)C2=O. The van der Waals surface area contributed by atoms with Crippen LogP contribution < -0.4 is 15.5 Å². The Morgan fingerprint density at radius 2 is 1.97 bits per heavy atom. The molecule has 30 heavy (non-hydrogen) atoms. The maximum absolute atomic E-state index is 13.1. The Labute approximate surface area is 173 Å². The third-order valence-electron chi connectivity index (χ3n) is 5.16. The number of anilines is 1. The van der Waals surface area contributed by atoms with Crippen LogP contribution in [0.1, 0.15) is 49.5 Å². The van der Waals surface area contributed by atoms with Crippen LogP contribution >= 0.6 is 0 Å². The van der Waals surface area contributed by atoms with Gasteiger partial charge in [-0.15, -0.1) is 0 Å². The fourth-order valence-corrected chi connectivity index (χ4v) is 3.94. The lowest BCUT2D eigenvalue weighted by Crippen LogP contribution is -2.53. The van der Waals surface area contributed by atoms with E-state index in [1.165, 1.54) is 4.90 Å². The molecule has 0 bridgehead atoms. The van der Waals surface area contributed by atoms with Crippen molar-refractivity contribution in [3.63, 3.8) is 0 Å². The molecular weight excluding hydrogens is 386 g/mol. The zero-order valence-corrected chi connectivity index (χ0v) is 17.1. The highest BCUT2D eigenvalue weighted by Crippen LogP contribution is 2.40. The largest absolute Gasteiger partial charge is 0.444 e. The molecule has 1 atom stereocenters. The average Bonchev–Trinajstić information content (AvgIpc) is 2.94. The molecule has 2 heterocycles. The van der Waals surface area contributed by atoms with Crippen molar-refractivity contribution in [1.29, 1.82) is 0 Å². The molecule has 2 aromatic rings. The summed E-state index contributed by atoms with van der Waals surface area (Å²) < 4.78 is 5.28. The number of nitrogens with one attached hydrogen (secondary N) is 2. The van der Waals surface area contributed by atoms with Crippen molar-refractivity contribution in [2.24, 2.45) is 0 Å². The van der Waals surface area contributed by atoms with E-state index >= 15 is 0 Å². The van der Waals surface area contributed by atoms with Crippen molar-refractivity contribution in [3.05, 3.63) is 41.5 Å². The molecular formula is C22H23N3O5. The van der Waals surface area contributed by atoms with Gasteiger partial charge in [0, 0.05) is 23.9 Å². The van der Waals surface area contributed by atoms with Crippen LogP contribution in [0.5, 0.6) is 0 Å². The topological polar surface area (TPSA) is 105 Å². The van der Waals surface area contributed by atoms with Crippen LogP contribution in [-0.4, -0.2) is 35.5 Å². The van der Waals surface area contributed by atoms with E-state index in [0.717, 1.165) is 16.3 Å². The number of nitrogens with zero attached hydrogens (tertiary/aromatic N) is 1. The third-order valence-corrected chi connectivity index (χ3v) is 5.16. The Hall–Kier alpha value is -3.42. The molecule has 0 saturated carbocycles. The van der Waals surface area contributed by atoms with E-state index in [1.54, 1.807) is 39.0 Å². The van der Waals surface area contributed by atoms with Crippen LogP contribution in [0.15, 0.2) is 30.3 Å². The van der Waals surface area contributed by atoms with Gasteiger partial charge in [-0.25, -0.2) is 4.79 Å². The predicted molar refractivity (Wildman–Crippen MR) is 110 cm³/mol. The summed E-state index contributed by atoms with van der Waals surface area (Å²) in [4.78, 5) is 50.5. The van der Waals surface area contributed by atoms with Gasteiger partial charge in [0.15, 0.2) is 0 Å². The number of amides is 4. The highest BCUT2D eigenvalue weighted by molar-refractivity contribution is 6.27. The first-order valence-corrected chi connectivity index (χ1v) is 9.84. The average molecular weight is 409 g/mol. The Morgan fingerprint density at radius 1 is 1.20 bits per heavy atom. The van der Waals surface area contributed by atoms with Gasteiger partial charge in [0.2, 0.25) is 11.8 Å². The van der Waals surface area contributed by atoms with E-state index in [-0.39, 0.29) is 31.2 Å². The Balaban J connectivity index is 1.66. The lowest BCUT2D eigenvalue weighted by Gasteiger charge is -2.30. The number of benzene rings is 2. The monoisotopic (exact) mass is 409 g/mol. The van der Waals surface area contributed by atoms with Crippen molar-refractivity contribution in [1.82, 2.24) is 10.6 Å². The van der Waals surface area contributed by atoms with Crippen LogP contribution in [0.4, 0.5) is 10.5 Å². The van der Waals surface area contributed by atoms with Crippen LogP contribution in [0.25, 0.3) is 10.8 Å². The number of ether oxygens (including phenoxy) is 1. The molecule has 4 rings (SSSR count). The molecule has 4 amide bonds. The summed E-state index contributed by atoms with van der Waals surface area (Å²) in [7, 11) is 0. The van der Waals surface area contributed by atoms with Gasteiger partial charge in [-0.3, -0.25) is 24.6 Å². The molecule has 1 fully saturated rings. The highest BCUT2D eigenvalue weighted by atomic mass is 16.6. The molecule has 2 aromatic carbocycles. The number of piperidine rings is 1. The molecule has 8 nitrogen and oxygen atoms in total. The second kappa shape index (κ2) is 7.12. The van der Waals surface area contributed by atoms with Crippen molar-refractivity contribution >= 4 is 40.3 Å². The standard InChI is InChI=1S/C22H23N3O5/c1-22(2,3)30-21(29)23-11-12-7-8-14-18-13(12)5-4-6-15(18)25(20(14)28)16-9-10-17(26)24-19(16)27/h4-8,16H,9-11H2,1-3H3,(H,23,29)(H,24,26,27). The van der Waals surface area contributed by atoms with Gasteiger partial charge in [-0.05, 0) is 50.3 Å². The third kappa shape index (κ3) is 3.49. The molecule has 0 aliphatic carbocycles.